The van der Waals surface area contributed by atoms with Crippen molar-refractivity contribution < 1.29 is 19.3 Å². The molecule has 0 aliphatic carbocycles. The van der Waals surface area contributed by atoms with Crippen LogP contribution >= 0.6 is 0 Å². The molecule has 0 aromatic heterocycles. The van der Waals surface area contributed by atoms with Crippen LogP contribution in [0.4, 0.5) is 0 Å². The average molecular weight is 249 g/mol. The lowest BCUT2D eigenvalue weighted by molar-refractivity contribution is 0.0769. The summed E-state index contributed by atoms with van der Waals surface area (Å²) in [6.45, 7) is 1.46. The Bertz CT molecular complexity index is 441. The van der Waals surface area contributed by atoms with E-state index in [4.69, 9.17) is 24.6 Å². The summed E-state index contributed by atoms with van der Waals surface area (Å²) in [5.74, 6) is 1.34. The minimum absolute atomic E-state index is 0.0548. The fourth-order valence-corrected chi connectivity index (χ4v) is 1.70. The maximum Gasteiger partial charge on any atom is 0.169 e. The Morgan fingerprint density at radius 3 is 2.83 bits per heavy atom. The minimum Gasteiger partial charge on any atom is -0.486 e. The van der Waals surface area contributed by atoms with E-state index >= 15 is 0 Å². The van der Waals surface area contributed by atoms with Gasteiger partial charge in [0.15, 0.2) is 17.6 Å². The number of rotatable bonds is 5. The first kappa shape index (κ1) is 12.7. The van der Waals surface area contributed by atoms with Crippen LogP contribution < -0.4 is 9.47 Å². The average Bonchev–Trinajstić information content (AvgIpc) is 2.43. The molecule has 5 heteroatoms. The lowest BCUT2D eigenvalue weighted by Crippen LogP contribution is -2.15. The SMILES string of the molecule is N#CC(OCCCO)c1ccc2c(c1)OCCO2. The molecule has 0 radical (unpaired) electrons. The summed E-state index contributed by atoms with van der Waals surface area (Å²) in [6, 6.07) is 7.42. The molecule has 0 saturated heterocycles. The topological polar surface area (TPSA) is 71.7 Å². The quantitative estimate of drug-likeness (QED) is 0.799. The van der Waals surface area contributed by atoms with Crippen LogP contribution in [0.2, 0.25) is 0 Å². The van der Waals surface area contributed by atoms with Crippen molar-refractivity contribution in [1.29, 1.82) is 5.26 Å². The predicted octanol–water partition coefficient (Wildman–Crippen LogP) is 1.42. The van der Waals surface area contributed by atoms with E-state index < -0.39 is 6.10 Å². The molecule has 0 amide bonds. The van der Waals surface area contributed by atoms with Crippen LogP contribution in [-0.2, 0) is 4.74 Å². The third kappa shape index (κ3) is 2.92. The predicted molar refractivity (Wildman–Crippen MR) is 63.4 cm³/mol. The number of hydrogen-bond acceptors (Lipinski definition) is 5. The zero-order chi connectivity index (χ0) is 12.8. The Kier molecular flexibility index (Phi) is 4.40. The largest absolute Gasteiger partial charge is 0.486 e. The third-order valence-electron chi connectivity index (χ3n) is 2.57. The fourth-order valence-electron chi connectivity index (χ4n) is 1.70. The molecule has 2 rings (SSSR count). The number of benzene rings is 1. The van der Waals surface area contributed by atoms with Crippen molar-refractivity contribution in [3.8, 4) is 17.6 Å². The molecule has 1 heterocycles. The van der Waals surface area contributed by atoms with E-state index in [-0.39, 0.29) is 6.61 Å². The lowest BCUT2D eigenvalue weighted by atomic mass is 10.1. The summed E-state index contributed by atoms with van der Waals surface area (Å²) >= 11 is 0. The highest BCUT2D eigenvalue weighted by atomic mass is 16.6. The molecule has 1 unspecified atom stereocenters. The first-order valence-electron chi connectivity index (χ1n) is 5.87. The normalized spacial score (nSPS) is 14.9. The van der Waals surface area contributed by atoms with E-state index in [0.29, 0.717) is 37.7 Å². The Balaban J connectivity index is 2.09. The number of nitriles is 1. The van der Waals surface area contributed by atoms with Crippen LogP contribution in [0.15, 0.2) is 18.2 Å². The van der Waals surface area contributed by atoms with Crippen LogP contribution in [0.5, 0.6) is 11.5 Å². The Morgan fingerprint density at radius 1 is 1.33 bits per heavy atom. The van der Waals surface area contributed by atoms with Crippen molar-refractivity contribution in [3.63, 3.8) is 0 Å². The second kappa shape index (κ2) is 6.24. The van der Waals surface area contributed by atoms with Gasteiger partial charge < -0.3 is 19.3 Å². The molecule has 0 fully saturated rings. The number of ether oxygens (including phenoxy) is 3. The van der Waals surface area contributed by atoms with Gasteiger partial charge in [0.1, 0.15) is 13.2 Å². The maximum atomic E-state index is 9.07. The minimum atomic E-state index is -0.646. The molecular formula is C13H15NO4. The number of aliphatic hydroxyl groups excluding tert-OH is 1. The van der Waals surface area contributed by atoms with Gasteiger partial charge in [-0.2, -0.15) is 5.26 Å². The van der Waals surface area contributed by atoms with Gasteiger partial charge in [0.25, 0.3) is 0 Å². The first-order chi connectivity index (χ1) is 8.85. The number of hydrogen-bond donors (Lipinski definition) is 1. The second-order valence-electron chi connectivity index (χ2n) is 3.86. The van der Waals surface area contributed by atoms with Crippen LogP contribution in [0.3, 0.4) is 0 Å². The van der Waals surface area contributed by atoms with Gasteiger partial charge in [-0.25, -0.2) is 0 Å². The van der Waals surface area contributed by atoms with E-state index in [1.54, 1.807) is 18.2 Å². The number of fused-ring (bicyclic) bond motifs is 1. The molecule has 0 saturated carbocycles. The summed E-state index contributed by atoms with van der Waals surface area (Å²) < 4.78 is 16.3. The zero-order valence-corrected chi connectivity index (χ0v) is 9.96. The van der Waals surface area contributed by atoms with E-state index in [9.17, 15) is 0 Å². The molecule has 1 aromatic carbocycles. The van der Waals surface area contributed by atoms with Crippen LogP contribution in [0, 0.1) is 11.3 Å². The van der Waals surface area contributed by atoms with Gasteiger partial charge >= 0.3 is 0 Å². The highest BCUT2D eigenvalue weighted by Gasteiger charge is 2.16. The molecule has 0 spiro atoms. The molecule has 1 N–H and O–H groups in total. The van der Waals surface area contributed by atoms with E-state index in [1.165, 1.54) is 0 Å². The van der Waals surface area contributed by atoms with Crippen molar-refractivity contribution in [3.05, 3.63) is 23.8 Å². The molecule has 5 nitrogen and oxygen atoms in total. The van der Waals surface area contributed by atoms with Gasteiger partial charge in [0, 0.05) is 6.61 Å². The lowest BCUT2D eigenvalue weighted by Gasteiger charge is -2.20. The smallest absolute Gasteiger partial charge is 0.169 e. The van der Waals surface area contributed by atoms with E-state index in [0.717, 1.165) is 5.56 Å². The molecule has 1 aliphatic heterocycles. The highest BCUT2D eigenvalue weighted by Crippen LogP contribution is 2.33. The zero-order valence-electron chi connectivity index (χ0n) is 9.96. The van der Waals surface area contributed by atoms with Crippen molar-refractivity contribution in [2.24, 2.45) is 0 Å². The molecule has 18 heavy (non-hydrogen) atoms. The number of aliphatic hydroxyl groups is 1. The highest BCUT2D eigenvalue weighted by molar-refractivity contribution is 5.45. The molecule has 1 aliphatic rings. The first-order valence-corrected chi connectivity index (χ1v) is 5.87. The number of nitrogens with zero attached hydrogens (tertiary/aromatic N) is 1. The van der Waals surface area contributed by atoms with Gasteiger partial charge in [0.2, 0.25) is 0 Å². The van der Waals surface area contributed by atoms with E-state index in [2.05, 4.69) is 6.07 Å². The summed E-state index contributed by atoms with van der Waals surface area (Å²) in [5.41, 5.74) is 0.736. The summed E-state index contributed by atoms with van der Waals surface area (Å²) in [4.78, 5) is 0. The van der Waals surface area contributed by atoms with Crippen molar-refractivity contribution >= 4 is 0 Å². The molecule has 1 aromatic rings. The van der Waals surface area contributed by atoms with Crippen molar-refractivity contribution in [2.75, 3.05) is 26.4 Å². The maximum absolute atomic E-state index is 9.07. The molecule has 96 valence electrons. The van der Waals surface area contributed by atoms with Gasteiger partial charge in [0.05, 0.1) is 12.7 Å². The Labute approximate surface area is 106 Å². The second-order valence-corrected chi connectivity index (χ2v) is 3.86. The van der Waals surface area contributed by atoms with Crippen molar-refractivity contribution in [2.45, 2.75) is 12.5 Å². The van der Waals surface area contributed by atoms with Crippen LogP contribution in [0.25, 0.3) is 0 Å². The summed E-state index contributed by atoms with van der Waals surface area (Å²) in [6.07, 6.45) is -0.129. The molecular weight excluding hydrogens is 234 g/mol. The Hall–Kier alpha value is -1.77. The monoisotopic (exact) mass is 249 g/mol. The van der Waals surface area contributed by atoms with Gasteiger partial charge in [-0.05, 0) is 24.1 Å². The van der Waals surface area contributed by atoms with E-state index in [1.807, 2.05) is 0 Å². The van der Waals surface area contributed by atoms with Crippen LogP contribution in [0.1, 0.15) is 18.1 Å². The summed E-state index contributed by atoms with van der Waals surface area (Å²) in [7, 11) is 0. The van der Waals surface area contributed by atoms with Crippen molar-refractivity contribution in [1.82, 2.24) is 0 Å². The van der Waals surface area contributed by atoms with Gasteiger partial charge in [-0.15, -0.1) is 0 Å². The van der Waals surface area contributed by atoms with Crippen LogP contribution in [-0.4, -0.2) is 31.5 Å². The van der Waals surface area contributed by atoms with Gasteiger partial charge in [-0.3, -0.25) is 0 Å². The fraction of sp³-hybridized carbons (Fsp3) is 0.462. The molecule has 0 bridgehead atoms. The summed E-state index contributed by atoms with van der Waals surface area (Å²) in [5, 5.41) is 17.8. The third-order valence-corrected chi connectivity index (χ3v) is 2.57. The standard InChI is InChI=1S/C13H15NO4/c14-9-13(16-5-1-4-15)10-2-3-11-12(8-10)18-7-6-17-11/h2-3,8,13,15H,1,4-7H2. The van der Waals surface area contributed by atoms with Gasteiger partial charge in [-0.1, -0.05) is 6.07 Å². The molecule has 1 atom stereocenters. The Morgan fingerprint density at radius 2 is 2.11 bits per heavy atom.